The normalized spacial score (nSPS) is 16.2. The summed E-state index contributed by atoms with van der Waals surface area (Å²) in [7, 11) is 1.68. The number of primary amides is 1. The average Bonchev–Trinajstić information content (AvgIpc) is 2.78. The van der Waals surface area contributed by atoms with Crippen LogP contribution in [0.25, 0.3) is 0 Å². The fourth-order valence-electron chi connectivity index (χ4n) is 4.52. The Labute approximate surface area is 198 Å². The zero-order valence-corrected chi connectivity index (χ0v) is 20.6. The first-order valence-corrected chi connectivity index (χ1v) is 11.7. The topological polar surface area (TPSA) is 64.8 Å². The van der Waals surface area contributed by atoms with E-state index in [2.05, 4.69) is 18.7 Å². The molecule has 0 spiro atoms. The van der Waals surface area contributed by atoms with Crippen molar-refractivity contribution >= 4 is 5.91 Å². The Bertz CT molecular complexity index is 908. The fourth-order valence-corrected chi connectivity index (χ4v) is 4.52. The minimum atomic E-state index is -0.861. The van der Waals surface area contributed by atoms with Gasteiger partial charge in [-0.05, 0) is 57.2 Å². The van der Waals surface area contributed by atoms with Gasteiger partial charge in [-0.25, -0.2) is 0 Å². The molecule has 1 fully saturated rings. The molecule has 0 saturated carbocycles. The average molecular weight is 451 g/mol. The van der Waals surface area contributed by atoms with Crippen molar-refractivity contribution in [2.45, 2.75) is 57.6 Å². The van der Waals surface area contributed by atoms with Gasteiger partial charge in [0.15, 0.2) is 0 Å². The summed E-state index contributed by atoms with van der Waals surface area (Å²) in [5.74, 6) is 0.604. The summed E-state index contributed by atoms with van der Waals surface area (Å²) < 4.78 is 11.3. The number of amides is 1. The van der Waals surface area contributed by atoms with Gasteiger partial charge in [-0.1, -0.05) is 60.7 Å². The van der Waals surface area contributed by atoms with E-state index in [0.717, 1.165) is 42.0 Å². The highest BCUT2D eigenvalue weighted by molar-refractivity contribution is 5.90. The van der Waals surface area contributed by atoms with E-state index in [1.807, 2.05) is 74.5 Å². The van der Waals surface area contributed by atoms with Crippen LogP contribution in [0.4, 0.5) is 0 Å². The molecule has 2 aromatic carbocycles. The van der Waals surface area contributed by atoms with Gasteiger partial charge in [0.25, 0.3) is 0 Å². The third-order valence-corrected chi connectivity index (χ3v) is 7.21. The first kappa shape index (κ1) is 25.0. The number of allylic oxidation sites excluding steroid dienone is 1. The maximum Gasteiger partial charge on any atom is 0.232 e. The van der Waals surface area contributed by atoms with E-state index >= 15 is 0 Å². The molecule has 5 nitrogen and oxygen atoms in total. The van der Waals surface area contributed by atoms with Gasteiger partial charge in [0.05, 0.1) is 31.0 Å². The van der Waals surface area contributed by atoms with Crippen LogP contribution < -0.4 is 5.73 Å². The number of ether oxygens (including phenoxy) is 2. The molecule has 178 valence electrons. The summed E-state index contributed by atoms with van der Waals surface area (Å²) in [5.41, 5.74) is 8.19. The Morgan fingerprint density at radius 2 is 1.48 bits per heavy atom. The molecule has 0 unspecified atom stereocenters. The molecular formula is C28H38N2O3. The molecule has 3 rings (SSSR count). The zero-order valence-electron chi connectivity index (χ0n) is 20.6. The van der Waals surface area contributed by atoms with E-state index in [0.29, 0.717) is 13.0 Å². The highest BCUT2D eigenvalue weighted by Crippen LogP contribution is 2.40. The summed E-state index contributed by atoms with van der Waals surface area (Å²) in [5, 5.41) is 0. The van der Waals surface area contributed by atoms with Crippen LogP contribution in [0.3, 0.4) is 0 Å². The number of methoxy groups -OCH3 is 1. The minimum absolute atomic E-state index is 0.0859. The number of carbonyl (C=O) groups is 1. The van der Waals surface area contributed by atoms with Crippen molar-refractivity contribution in [3.63, 3.8) is 0 Å². The van der Waals surface area contributed by atoms with Crippen molar-refractivity contribution in [2.24, 2.45) is 5.73 Å². The Morgan fingerprint density at radius 1 is 0.970 bits per heavy atom. The monoisotopic (exact) mass is 450 g/mol. The molecular weight excluding hydrogens is 412 g/mol. The lowest BCUT2D eigenvalue weighted by Crippen LogP contribution is -2.61. The number of nitrogens with zero attached hydrogens (tertiary/aromatic N) is 1. The summed E-state index contributed by atoms with van der Waals surface area (Å²) in [6, 6.07) is 19.9. The molecule has 1 aliphatic rings. The molecule has 0 bridgehead atoms. The molecule has 1 saturated heterocycles. The fraction of sp³-hybridized carbons (Fsp3) is 0.464. The van der Waals surface area contributed by atoms with Crippen LogP contribution in [0, 0.1) is 0 Å². The zero-order chi connectivity index (χ0) is 24.1. The molecule has 0 atom stereocenters. The quantitative estimate of drug-likeness (QED) is 0.506. The number of rotatable bonds is 11. The summed E-state index contributed by atoms with van der Waals surface area (Å²) in [6.45, 7) is 10.8. The summed E-state index contributed by atoms with van der Waals surface area (Å²) in [4.78, 5) is 15.5. The van der Waals surface area contributed by atoms with Crippen LogP contribution >= 0.6 is 0 Å². The van der Waals surface area contributed by atoms with Crippen molar-refractivity contribution in [3.05, 3.63) is 83.1 Å². The SMILES string of the molecule is CO/C(C)=C(\C)COC1CN(C(C)(C)CCC(C(N)=O)(c2ccccc2)c2ccccc2)C1. The maximum absolute atomic E-state index is 13.0. The molecule has 0 aromatic heterocycles. The van der Waals surface area contributed by atoms with Crippen molar-refractivity contribution in [1.29, 1.82) is 0 Å². The number of carbonyl (C=O) groups excluding carboxylic acids is 1. The van der Waals surface area contributed by atoms with Crippen LogP contribution in [0.1, 0.15) is 51.7 Å². The molecule has 2 N–H and O–H groups in total. The maximum atomic E-state index is 13.0. The second-order valence-electron chi connectivity index (χ2n) is 9.69. The van der Waals surface area contributed by atoms with Gasteiger partial charge in [0.2, 0.25) is 5.91 Å². The summed E-state index contributed by atoms with van der Waals surface area (Å²) >= 11 is 0. The predicted molar refractivity (Wildman–Crippen MR) is 133 cm³/mol. The molecule has 1 aliphatic heterocycles. The van der Waals surface area contributed by atoms with Crippen LogP contribution in [0.2, 0.25) is 0 Å². The first-order valence-electron chi connectivity index (χ1n) is 11.7. The number of nitrogens with two attached hydrogens (primary N) is 1. The second-order valence-corrected chi connectivity index (χ2v) is 9.69. The lowest BCUT2D eigenvalue weighted by Gasteiger charge is -2.50. The Balaban J connectivity index is 1.72. The van der Waals surface area contributed by atoms with E-state index in [1.54, 1.807) is 7.11 Å². The molecule has 1 heterocycles. The standard InChI is InChI=1S/C28H38N2O3/c1-21(22(2)32-5)20-33-25-18-30(19-25)27(3,4)16-17-28(26(29)31,23-12-8-6-9-13-23)24-14-10-7-11-15-24/h6-15,25H,16-20H2,1-5H3,(H2,29,31)/b22-21+. The van der Waals surface area contributed by atoms with Crippen molar-refractivity contribution in [1.82, 2.24) is 4.90 Å². The largest absolute Gasteiger partial charge is 0.501 e. The van der Waals surface area contributed by atoms with Crippen molar-refractivity contribution < 1.29 is 14.3 Å². The number of benzene rings is 2. The van der Waals surface area contributed by atoms with E-state index in [4.69, 9.17) is 15.2 Å². The smallest absolute Gasteiger partial charge is 0.232 e. The van der Waals surface area contributed by atoms with Crippen LogP contribution in [-0.2, 0) is 19.7 Å². The molecule has 5 heteroatoms. The minimum Gasteiger partial charge on any atom is -0.501 e. The van der Waals surface area contributed by atoms with Crippen LogP contribution in [0.15, 0.2) is 72.0 Å². The lowest BCUT2D eigenvalue weighted by atomic mass is 9.69. The number of hydrogen-bond acceptors (Lipinski definition) is 4. The van der Waals surface area contributed by atoms with Crippen molar-refractivity contribution in [2.75, 3.05) is 26.8 Å². The highest BCUT2D eigenvalue weighted by atomic mass is 16.5. The highest BCUT2D eigenvalue weighted by Gasteiger charge is 2.44. The van der Waals surface area contributed by atoms with E-state index in [-0.39, 0.29) is 17.6 Å². The molecule has 0 aliphatic carbocycles. The number of likely N-dealkylation sites (tertiary alicyclic amines) is 1. The van der Waals surface area contributed by atoms with Crippen LogP contribution in [-0.4, -0.2) is 49.3 Å². The van der Waals surface area contributed by atoms with Gasteiger partial charge < -0.3 is 15.2 Å². The van der Waals surface area contributed by atoms with Gasteiger partial charge in [-0.15, -0.1) is 0 Å². The van der Waals surface area contributed by atoms with Crippen molar-refractivity contribution in [3.8, 4) is 0 Å². The summed E-state index contributed by atoms with van der Waals surface area (Å²) in [6.07, 6.45) is 1.68. The van der Waals surface area contributed by atoms with Gasteiger partial charge >= 0.3 is 0 Å². The van der Waals surface area contributed by atoms with Crippen LogP contribution in [0.5, 0.6) is 0 Å². The first-order chi connectivity index (χ1) is 15.7. The Hall–Kier alpha value is -2.63. The van der Waals surface area contributed by atoms with E-state index in [1.165, 1.54) is 0 Å². The number of hydrogen-bond donors (Lipinski definition) is 1. The second kappa shape index (κ2) is 10.5. The van der Waals surface area contributed by atoms with Gasteiger partial charge in [-0.2, -0.15) is 0 Å². The molecule has 33 heavy (non-hydrogen) atoms. The molecule has 1 amide bonds. The van der Waals surface area contributed by atoms with Gasteiger partial charge in [0.1, 0.15) is 0 Å². The lowest BCUT2D eigenvalue weighted by molar-refractivity contribution is -0.123. The third-order valence-electron chi connectivity index (χ3n) is 7.21. The third kappa shape index (κ3) is 5.48. The Kier molecular flexibility index (Phi) is 7.98. The molecule has 0 radical (unpaired) electrons. The van der Waals surface area contributed by atoms with E-state index < -0.39 is 5.41 Å². The predicted octanol–water partition coefficient (Wildman–Crippen LogP) is 4.66. The van der Waals surface area contributed by atoms with E-state index in [9.17, 15) is 4.79 Å². The molecule has 2 aromatic rings. The Morgan fingerprint density at radius 3 is 1.94 bits per heavy atom. The van der Waals surface area contributed by atoms with Gasteiger partial charge in [-0.3, -0.25) is 9.69 Å². The van der Waals surface area contributed by atoms with Gasteiger partial charge in [0, 0.05) is 18.6 Å².